The highest BCUT2D eigenvalue weighted by molar-refractivity contribution is 14.1. The number of carbonyl (C=O) groups excluding carboxylic acids is 1. The highest BCUT2D eigenvalue weighted by atomic mass is 127. The summed E-state index contributed by atoms with van der Waals surface area (Å²) in [5.41, 5.74) is 0.744. The third kappa shape index (κ3) is 4.85. The Morgan fingerprint density at radius 1 is 1.23 bits per heavy atom. The second-order valence-corrected chi connectivity index (χ2v) is 9.05. The number of hydrogen-bond acceptors (Lipinski definition) is 4. The monoisotopic (exact) mass is 467 g/mol. The molecule has 1 aromatic heterocycles. The number of benzene rings is 1. The first kappa shape index (κ1) is 19.4. The minimum atomic E-state index is -0.0273. The SMILES string of the molecule is CC(C)(C)c1cnc(CN2CCCN(C(=O)c3cccc(I)c3)CC2)o1. The van der Waals surface area contributed by atoms with Gasteiger partial charge in [0.2, 0.25) is 5.89 Å². The molecule has 3 rings (SSSR count). The topological polar surface area (TPSA) is 49.6 Å². The minimum Gasteiger partial charge on any atom is -0.444 e. The number of oxazole rings is 1. The number of carbonyl (C=O) groups is 1. The average molecular weight is 467 g/mol. The van der Waals surface area contributed by atoms with Crippen LogP contribution < -0.4 is 0 Å². The van der Waals surface area contributed by atoms with E-state index in [2.05, 4.69) is 53.2 Å². The van der Waals surface area contributed by atoms with Gasteiger partial charge >= 0.3 is 0 Å². The van der Waals surface area contributed by atoms with E-state index in [1.54, 1.807) is 0 Å². The van der Waals surface area contributed by atoms with Gasteiger partial charge in [-0.05, 0) is 47.2 Å². The summed E-state index contributed by atoms with van der Waals surface area (Å²) >= 11 is 2.24. The second-order valence-electron chi connectivity index (χ2n) is 7.80. The predicted molar refractivity (Wildman–Crippen MR) is 110 cm³/mol. The van der Waals surface area contributed by atoms with Gasteiger partial charge in [-0.25, -0.2) is 4.98 Å². The lowest BCUT2D eigenvalue weighted by atomic mass is 9.94. The van der Waals surface area contributed by atoms with Crippen LogP contribution in [-0.4, -0.2) is 46.9 Å². The Labute approximate surface area is 168 Å². The fourth-order valence-electron chi connectivity index (χ4n) is 3.06. The van der Waals surface area contributed by atoms with Crippen molar-refractivity contribution >= 4 is 28.5 Å². The number of nitrogens with zero attached hydrogens (tertiary/aromatic N) is 3. The molecule has 2 heterocycles. The molecule has 5 nitrogen and oxygen atoms in total. The fourth-order valence-corrected chi connectivity index (χ4v) is 3.60. The van der Waals surface area contributed by atoms with Gasteiger partial charge in [-0.15, -0.1) is 0 Å². The van der Waals surface area contributed by atoms with Crippen molar-refractivity contribution in [3.05, 3.63) is 51.2 Å². The molecule has 1 fully saturated rings. The molecule has 6 heteroatoms. The van der Waals surface area contributed by atoms with Gasteiger partial charge in [0.15, 0.2) is 0 Å². The zero-order chi connectivity index (χ0) is 18.7. The first-order valence-corrected chi connectivity index (χ1v) is 10.1. The Kier molecular flexibility index (Phi) is 6.02. The van der Waals surface area contributed by atoms with Crippen LogP contribution in [0.3, 0.4) is 0 Å². The van der Waals surface area contributed by atoms with E-state index in [1.807, 2.05) is 35.4 Å². The van der Waals surface area contributed by atoms with Crippen molar-refractivity contribution in [2.24, 2.45) is 0 Å². The smallest absolute Gasteiger partial charge is 0.253 e. The van der Waals surface area contributed by atoms with Gasteiger partial charge in [-0.2, -0.15) is 0 Å². The molecule has 1 aliphatic rings. The number of hydrogen-bond donors (Lipinski definition) is 0. The van der Waals surface area contributed by atoms with Gasteiger partial charge in [0.25, 0.3) is 5.91 Å². The fraction of sp³-hybridized carbons (Fsp3) is 0.500. The molecule has 1 aromatic carbocycles. The molecular weight excluding hydrogens is 441 g/mol. The summed E-state index contributed by atoms with van der Waals surface area (Å²) < 4.78 is 7.00. The highest BCUT2D eigenvalue weighted by Gasteiger charge is 2.23. The molecule has 0 saturated carbocycles. The van der Waals surface area contributed by atoms with Crippen LogP contribution in [0.1, 0.15) is 49.2 Å². The van der Waals surface area contributed by atoms with Crippen molar-refractivity contribution in [1.82, 2.24) is 14.8 Å². The van der Waals surface area contributed by atoms with Gasteiger partial charge in [0, 0.05) is 40.7 Å². The van der Waals surface area contributed by atoms with Gasteiger partial charge < -0.3 is 9.32 Å². The van der Waals surface area contributed by atoms with E-state index in [-0.39, 0.29) is 11.3 Å². The number of halogens is 1. The lowest BCUT2D eigenvalue weighted by molar-refractivity contribution is 0.0760. The van der Waals surface area contributed by atoms with Gasteiger partial charge in [0.1, 0.15) is 5.76 Å². The molecule has 0 unspecified atom stereocenters. The van der Waals surface area contributed by atoms with Crippen molar-refractivity contribution in [3.8, 4) is 0 Å². The maximum absolute atomic E-state index is 12.8. The number of amides is 1. The van der Waals surface area contributed by atoms with E-state index in [4.69, 9.17) is 4.42 Å². The molecule has 0 bridgehead atoms. The van der Waals surface area contributed by atoms with E-state index >= 15 is 0 Å². The Hall–Kier alpha value is -1.41. The average Bonchev–Trinajstić information content (AvgIpc) is 2.94. The summed E-state index contributed by atoms with van der Waals surface area (Å²) in [4.78, 5) is 21.5. The molecule has 1 saturated heterocycles. The van der Waals surface area contributed by atoms with Crippen LogP contribution in [0.2, 0.25) is 0 Å². The summed E-state index contributed by atoms with van der Waals surface area (Å²) in [6.45, 7) is 10.4. The Bertz CT molecular complexity index is 766. The molecule has 0 N–H and O–H groups in total. The summed E-state index contributed by atoms with van der Waals surface area (Å²) in [7, 11) is 0. The van der Waals surface area contributed by atoms with Crippen molar-refractivity contribution in [2.75, 3.05) is 26.2 Å². The molecule has 0 atom stereocenters. The van der Waals surface area contributed by atoms with Crippen LogP contribution in [0.15, 0.2) is 34.9 Å². The van der Waals surface area contributed by atoms with E-state index in [0.29, 0.717) is 6.54 Å². The van der Waals surface area contributed by atoms with Crippen molar-refractivity contribution < 1.29 is 9.21 Å². The zero-order valence-corrected chi connectivity index (χ0v) is 17.8. The largest absolute Gasteiger partial charge is 0.444 e. The first-order chi connectivity index (χ1) is 12.3. The van der Waals surface area contributed by atoms with Crippen molar-refractivity contribution in [3.63, 3.8) is 0 Å². The molecule has 1 amide bonds. The van der Waals surface area contributed by atoms with Crippen molar-refractivity contribution in [1.29, 1.82) is 0 Å². The van der Waals surface area contributed by atoms with Gasteiger partial charge in [-0.1, -0.05) is 26.8 Å². The van der Waals surface area contributed by atoms with E-state index in [0.717, 1.165) is 53.4 Å². The van der Waals surface area contributed by atoms with Gasteiger partial charge in [0.05, 0.1) is 12.7 Å². The van der Waals surface area contributed by atoms with Crippen LogP contribution in [0, 0.1) is 3.57 Å². The summed E-state index contributed by atoms with van der Waals surface area (Å²) in [6.07, 6.45) is 2.79. The van der Waals surface area contributed by atoms with Crippen molar-refractivity contribution in [2.45, 2.75) is 39.2 Å². The van der Waals surface area contributed by atoms with Crippen LogP contribution in [0.5, 0.6) is 0 Å². The number of aromatic nitrogens is 1. The molecule has 0 radical (unpaired) electrons. The number of rotatable bonds is 3. The van der Waals surface area contributed by atoms with Crippen LogP contribution in [-0.2, 0) is 12.0 Å². The third-order valence-electron chi connectivity index (χ3n) is 4.60. The second kappa shape index (κ2) is 8.08. The maximum atomic E-state index is 12.8. The normalized spacial score (nSPS) is 16.5. The molecule has 0 spiro atoms. The Morgan fingerprint density at radius 3 is 2.73 bits per heavy atom. The molecular formula is C20H26IN3O2. The molecule has 0 aliphatic carbocycles. The van der Waals surface area contributed by atoms with Gasteiger partial charge in [-0.3, -0.25) is 9.69 Å². The zero-order valence-electron chi connectivity index (χ0n) is 15.7. The Morgan fingerprint density at radius 2 is 2.04 bits per heavy atom. The van der Waals surface area contributed by atoms with E-state index < -0.39 is 0 Å². The Balaban J connectivity index is 1.60. The summed E-state index contributed by atoms with van der Waals surface area (Å²) in [6, 6.07) is 7.79. The van der Waals surface area contributed by atoms with E-state index in [1.165, 1.54) is 0 Å². The lowest BCUT2D eigenvalue weighted by Gasteiger charge is -2.21. The molecule has 1 aliphatic heterocycles. The maximum Gasteiger partial charge on any atom is 0.253 e. The summed E-state index contributed by atoms with van der Waals surface area (Å²) in [5.74, 6) is 1.79. The first-order valence-electron chi connectivity index (χ1n) is 9.05. The van der Waals surface area contributed by atoms with E-state index in [9.17, 15) is 4.79 Å². The quantitative estimate of drug-likeness (QED) is 0.643. The van der Waals surface area contributed by atoms with Crippen LogP contribution in [0.4, 0.5) is 0 Å². The lowest BCUT2D eigenvalue weighted by Crippen LogP contribution is -2.35. The third-order valence-corrected chi connectivity index (χ3v) is 5.27. The van der Waals surface area contributed by atoms with Crippen LogP contribution in [0.25, 0.3) is 0 Å². The minimum absolute atomic E-state index is 0.0273. The molecule has 26 heavy (non-hydrogen) atoms. The molecule has 2 aromatic rings. The van der Waals surface area contributed by atoms with Crippen LogP contribution >= 0.6 is 22.6 Å². The summed E-state index contributed by atoms with van der Waals surface area (Å²) in [5, 5.41) is 0. The standard InChI is InChI=1S/C20H26IN3O2/c1-20(2,3)17-13-22-18(26-17)14-23-8-5-9-24(11-10-23)19(25)15-6-4-7-16(21)12-15/h4,6-7,12-13H,5,8-11,14H2,1-3H3. The molecule has 140 valence electrons. The highest BCUT2D eigenvalue weighted by Crippen LogP contribution is 2.23. The predicted octanol–water partition coefficient (Wildman–Crippen LogP) is 3.92.